The van der Waals surface area contributed by atoms with Crippen LogP contribution in [0.4, 0.5) is 19.6 Å². The number of ether oxygens (including phenoxy) is 2. The normalized spacial score (nSPS) is 24.8. The first-order valence-electron chi connectivity index (χ1n) is 25.9. The molecule has 2 atom stereocenters. The van der Waals surface area contributed by atoms with E-state index < -0.39 is 17.6 Å². The van der Waals surface area contributed by atoms with Gasteiger partial charge in [-0.2, -0.15) is 20.3 Å². The monoisotopic (exact) mass is 995 g/mol. The van der Waals surface area contributed by atoms with Gasteiger partial charge >= 0.3 is 6.01 Å². The summed E-state index contributed by atoms with van der Waals surface area (Å²) >= 11 is 0.966. The van der Waals surface area contributed by atoms with Gasteiger partial charge in [0.15, 0.2) is 5.82 Å². The number of carbonyl (C=O) groups is 2. The second kappa shape index (κ2) is 17.4. The highest BCUT2D eigenvalue weighted by molar-refractivity contribution is 7.23. The number of hydrogen-bond acceptors (Lipinski definition) is 14. The van der Waals surface area contributed by atoms with E-state index in [-0.39, 0.29) is 66.3 Å². The maximum atomic E-state index is 17.1. The van der Waals surface area contributed by atoms with E-state index in [9.17, 15) is 14.9 Å². The first-order chi connectivity index (χ1) is 34.9. The number of nitrogens with zero attached hydrogens (tertiary/aromatic N) is 9. The summed E-state index contributed by atoms with van der Waals surface area (Å²) in [7, 11) is 1.94. The fourth-order valence-corrected chi connectivity index (χ4v) is 14.3. The standard InChI is InChI=1S/C54H59F2N11O4S/c1-64-40-23-32(3-4-34(40)44(63-64)36-6-8-41(68)60-50(36)69)31-9-18-66(19-10-31)33-24-52(25-33)14-20-65(21-15-52)28-53(12-13-53)30-70-51-61-46-38(49(62-51)67-17-2-11-54(29-67)16-22-71-54)27-59-45(43(46)56)35-5-7-39(55)47-42(35)37(26-57)48(58)72-47/h3-5,7,23,27,31,33,36H,2,6,8-22,24-25,28-30,58H2,1H3,(H,60,68,69)/t36?,54-/m0/s1. The Morgan fingerprint density at radius 3 is 2.53 bits per heavy atom. The van der Waals surface area contributed by atoms with Gasteiger partial charge in [-0.1, -0.05) is 12.1 Å². The lowest BCUT2D eigenvalue weighted by atomic mass is 9.59. The lowest BCUT2D eigenvalue weighted by Crippen LogP contribution is -2.56. The molecule has 7 fully saturated rings. The predicted octanol–water partition coefficient (Wildman–Crippen LogP) is 8.09. The number of anilines is 2. The van der Waals surface area contributed by atoms with Gasteiger partial charge in [0.2, 0.25) is 11.8 Å². The number of piperidine rings is 4. The number of hydrogen-bond donors (Lipinski definition) is 2. The van der Waals surface area contributed by atoms with Gasteiger partial charge in [0.05, 0.1) is 51.6 Å². The fraction of sp³-hybridized carbons (Fsp3) is 0.537. The molecule has 72 heavy (non-hydrogen) atoms. The van der Waals surface area contributed by atoms with Crippen LogP contribution in [-0.2, 0) is 21.4 Å². The molecule has 0 radical (unpaired) electrons. The third-order valence-electron chi connectivity index (χ3n) is 17.9. The molecule has 2 spiro atoms. The average molecular weight is 996 g/mol. The topological polar surface area (TPSA) is 181 Å². The summed E-state index contributed by atoms with van der Waals surface area (Å²) in [5.41, 5.74) is 9.85. The van der Waals surface area contributed by atoms with Crippen molar-refractivity contribution in [2.45, 2.75) is 107 Å². The quantitative estimate of drug-likeness (QED) is 0.126. The number of carbonyl (C=O) groups excluding carboxylic acids is 2. The van der Waals surface area contributed by atoms with Crippen LogP contribution in [0.2, 0.25) is 0 Å². The van der Waals surface area contributed by atoms with Crippen molar-refractivity contribution in [3.63, 3.8) is 0 Å². The Kier molecular flexibility index (Phi) is 11.1. The maximum Gasteiger partial charge on any atom is 0.319 e. The zero-order chi connectivity index (χ0) is 49.1. The van der Waals surface area contributed by atoms with Crippen LogP contribution in [0, 0.1) is 33.8 Å². The highest BCUT2D eigenvalue weighted by Gasteiger charge is 2.51. The van der Waals surface area contributed by atoms with Crippen molar-refractivity contribution in [2.75, 3.05) is 69.7 Å². The van der Waals surface area contributed by atoms with Gasteiger partial charge in [-0.05, 0) is 132 Å². The molecule has 4 aromatic heterocycles. The van der Waals surface area contributed by atoms with E-state index in [4.69, 9.17) is 30.3 Å². The first kappa shape index (κ1) is 46.0. The summed E-state index contributed by atoms with van der Waals surface area (Å²) in [5, 5.41) is 19.1. The number of likely N-dealkylation sites (tertiary alicyclic amines) is 2. The number of nitrogen functional groups attached to an aromatic ring is 1. The average Bonchev–Trinajstić information content (AvgIpc) is 3.94. The Bertz CT molecular complexity index is 3230. The van der Waals surface area contributed by atoms with E-state index in [1.54, 1.807) is 6.20 Å². The molecule has 5 aliphatic heterocycles. The maximum absolute atomic E-state index is 17.1. The largest absolute Gasteiger partial charge is 0.463 e. The Labute approximate surface area is 420 Å². The molecule has 0 bridgehead atoms. The number of imide groups is 1. The third-order valence-corrected chi connectivity index (χ3v) is 18.9. The van der Waals surface area contributed by atoms with Crippen LogP contribution < -0.4 is 20.7 Å². The minimum Gasteiger partial charge on any atom is -0.463 e. The third kappa shape index (κ3) is 7.88. The summed E-state index contributed by atoms with van der Waals surface area (Å²) < 4.78 is 46.9. The van der Waals surface area contributed by atoms with Crippen molar-refractivity contribution in [1.82, 2.24) is 39.8 Å². The zero-order valence-electron chi connectivity index (χ0n) is 40.7. The molecule has 2 aliphatic carbocycles. The molecule has 18 heteroatoms. The fourth-order valence-electron chi connectivity index (χ4n) is 13.4. The summed E-state index contributed by atoms with van der Waals surface area (Å²) in [4.78, 5) is 46.3. The molecular weight excluding hydrogens is 937 g/mol. The minimum absolute atomic E-state index is 0.0181. The number of nitrogens with one attached hydrogen (secondary N) is 1. The van der Waals surface area contributed by atoms with Gasteiger partial charge in [0, 0.05) is 73.5 Å². The van der Waals surface area contributed by atoms with Crippen LogP contribution in [0.25, 0.3) is 43.1 Å². The Hall–Kier alpha value is -5.87. The van der Waals surface area contributed by atoms with Gasteiger partial charge in [-0.3, -0.25) is 24.6 Å². The lowest BCUT2D eigenvalue weighted by Gasteiger charge is -2.56. The highest BCUT2D eigenvalue weighted by atomic mass is 32.1. The van der Waals surface area contributed by atoms with Crippen molar-refractivity contribution in [3.05, 3.63) is 65.0 Å². The van der Waals surface area contributed by atoms with Crippen molar-refractivity contribution in [1.29, 1.82) is 5.26 Å². The van der Waals surface area contributed by atoms with Gasteiger partial charge in [0.25, 0.3) is 0 Å². The number of amides is 2. The molecule has 6 aromatic rings. The van der Waals surface area contributed by atoms with Gasteiger partial charge < -0.3 is 29.9 Å². The van der Waals surface area contributed by atoms with E-state index in [0.717, 1.165) is 119 Å². The van der Waals surface area contributed by atoms with E-state index in [2.05, 4.69) is 49.3 Å². The SMILES string of the molecule is Cn1nc(C2CCC(=O)NC2=O)c2ccc(C3CCN(C4CC5(CCN(CC6(COc7nc(N8CCC[C@]9(CCO9)C8)c8cnc(-c9ccc(F)c%10sc(N)c(C#N)c9%10)c(F)c8n7)CC6)CC5)C4)CC3)cc21. The summed E-state index contributed by atoms with van der Waals surface area (Å²) in [6.45, 7) is 7.83. The molecule has 7 aliphatic rings. The Morgan fingerprint density at radius 2 is 1.79 bits per heavy atom. The van der Waals surface area contributed by atoms with Crippen molar-refractivity contribution in [3.8, 4) is 23.3 Å². The van der Waals surface area contributed by atoms with Crippen molar-refractivity contribution < 1.29 is 27.8 Å². The minimum atomic E-state index is -0.691. The number of nitriles is 1. The van der Waals surface area contributed by atoms with Gasteiger partial charge in [0.1, 0.15) is 33.9 Å². The zero-order valence-corrected chi connectivity index (χ0v) is 41.5. The van der Waals surface area contributed by atoms with Crippen molar-refractivity contribution >= 4 is 65.9 Å². The number of fused-ring (bicyclic) bond motifs is 3. The summed E-state index contributed by atoms with van der Waals surface area (Å²) in [6, 6.07) is 12.2. The molecule has 5 saturated heterocycles. The van der Waals surface area contributed by atoms with Crippen LogP contribution in [-0.4, -0.2) is 117 Å². The number of aromatic nitrogens is 5. The van der Waals surface area contributed by atoms with E-state index in [0.29, 0.717) is 54.6 Å². The number of rotatable bonds is 10. The number of pyridine rings is 1. The van der Waals surface area contributed by atoms with Crippen LogP contribution >= 0.6 is 11.3 Å². The van der Waals surface area contributed by atoms with Gasteiger partial charge in [-0.25, -0.2) is 8.78 Å². The summed E-state index contributed by atoms with van der Waals surface area (Å²) in [6.07, 6.45) is 14.6. The van der Waals surface area contributed by atoms with Crippen molar-refractivity contribution in [2.24, 2.45) is 17.9 Å². The van der Waals surface area contributed by atoms with E-state index in [1.165, 1.54) is 43.4 Å². The number of halogens is 2. The molecule has 13 rings (SSSR count). The molecule has 374 valence electrons. The molecule has 3 N–H and O–H groups in total. The number of aryl methyl sites for hydroxylation is 1. The van der Waals surface area contributed by atoms with E-state index >= 15 is 8.78 Å². The molecule has 1 unspecified atom stereocenters. The van der Waals surface area contributed by atoms with Crippen LogP contribution in [0.5, 0.6) is 6.01 Å². The highest BCUT2D eigenvalue weighted by Crippen LogP contribution is 2.54. The van der Waals surface area contributed by atoms with E-state index in [1.807, 2.05) is 11.7 Å². The summed E-state index contributed by atoms with van der Waals surface area (Å²) in [5.74, 6) is -1.03. The predicted molar refractivity (Wildman–Crippen MR) is 270 cm³/mol. The van der Waals surface area contributed by atoms with Crippen LogP contribution in [0.1, 0.15) is 112 Å². The second-order valence-electron chi connectivity index (χ2n) is 22.3. The molecule has 2 aromatic carbocycles. The number of thiophene rings is 1. The Morgan fingerprint density at radius 1 is 0.986 bits per heavy atom. The number of nitrogens with two attached hydrogens (primary N) is 1. The lowest BCUT2D eigenvalue weighted by molar-refractivity contribution is -0.151. The molecule has 9 heterocycles. The smallest absolute Gasteiger partial charge is 0.319 e. The van der Waals surface area contributed by atoms with Gasteiger partial charge in [-0.15, -0.1) is 11.3 Å². The first-order valence-corrected chi connectivity index (χ1v) is 26.8. The van der Waals surface area contributed by atoms with Crippen LogP contribution in [0.15, 0.2) is 36.5 Å². The Balaban J connectivity index is 0.650. The van der Waals surface area contributed by atoms with Crippen LogP contribution in [0.3, 0.4) is 0 Å². The molecule has 15 nitrogen and oxygen atoms in total. The second-order valence-corrected chi connectivity index (χ2v) is 23.4. The molecular formula is C54H59F2N11O4S. The molecule has 2 saturated carbocycles. The number of benzene rings is 2. The molecule has 2 amide bonds.